The molecule has 0 heterocycles. The van der Waals surface area contributed by atoms with Crippen LogP contribution in [0.25, 0.3) is 0 Å². The molecule has 1 saturated carbocycles. The van der Waals surface area contributed by atoms with E-state index in [-0.39, 0.29) is 24.5 Å². The molecule has 1 aliphatic rings. The van der Waals surface area contributed by atoms with Crippen molar-refractivity contribution < 1.29 is 23.1 Å². The summed E-state index contributed by atoms with van der Waals surface area (Å²) in [5, 5.41) is 12.3. The Morgan fingerprint density at radius 2 is 1.88 bits per heavy atom. The number of carboxylic acid groups (broad SMARTS) is 1. The number of carbonyl (C=O) groups is 2. The number of carbonyl (C=O) groups excluding carboxylic acids is 1. The molecule has 1 atom stereocenters. The molecule has 0 aromatic heterocycles. The predicted molar refractivity (Wildman–Crippen MR) is 90.6 cm³/mol. The van der Waals surface area contributed by atoms with E-state index >= 15 is 0 Å². The maximum absolute atomic E-state index is 12.3. The number of carboxylic acids is 1. The van der Waals surface area contributed by atoms with Gasteiger partial charge in [0.15, 0.2) is 0 Å². The highest BCUT2D eigenvalue weighted by atomic mass is 35.5. The van der Waals surface area contributed by atoms with E-state index in [0.29, 0.717) is 23.4 Å². The molecule has 1 fully saturated rings. The van der Waals surface area contributed by atoms with Crippen molar-refractivity contribution in [3.8, 4) is 0 Å². The van der Waals surface area contributed by atoms with Crippen LogP contribution in [0.1, 0.15) is 37.3 Å². The standard InChI is InChI=1S/C16H20ClNO5S/c1-24(22,23)10-16(6-7-16)9-14(19)18-13(8-15(20)21)11-2-4-12(17)5-3-11/h2-5,13H,6-10H2,1H3,(H,18,19)(H,20,21)/t13-/m0/s1. The van der Waals surface area contributed by atoms with Crippen molar-refractivity contribution in [3.05, 3.63) is 34.9 Å². The lowest BCUT2D eigenvalue weighted by atomic mass is 10.0. The average molecular weight is 374 g/mol. The molecule has 0 aliphatic heterocycles. The molecule has 0 bridgehead atoms. The SMILES string of the molecule is CS(=O)(=O)CC1(CC(=O)N[C@@H](CC(=O)O)c2ccc(Cl)cc2)CC1. The summed E-state index contributed by atoms with van der Waals surface area (Å²) in [5.74, 6) is -1.39. The third-order valence-electron chi connectivity index (χ3n) is 4.05. The maximum Gasteiger partial charge on any atom is 0.305 e. The van der Waals surface area contributed by atoms with Gasteiger partial charge in [-0.25, -0.2) is 8.42 Å². The summed E-state index contributed by atoms with van der Waals surface area (Å²) in [5.41, 5.74) is 0.147. The zero-order valence-electron chi connectivity index (χ0n) is 13.3. The molecule has 24 heavy (non-hydrogen) atoms. The van der Waals surface area contributed by atoms with Gasteiger partial charge in [0.1, 0.15) is 9.84 Å². The van der Waals surface area contributed by atoms with Gasteiger partial charge in [-0.3, -0.25) is 9.59 Å². The van der Waals surface area contributed by atoms with Crippen LogP contribution in [0.2, 0.25) is 5.02 Å². The summed E-state index contributed by atoms with van der Waals surface area (Å²) in [6.45, 7) is 0. The van der Waals surface area contributed by atoms with Crippen molar-refractivity contribution >= 4 is 33.3 Å². The summed E-state index contributed by atoms with van der Waals surface area (Å²) in [6.07, 6.45) is 2.37. The molecular formula is C16H20ClNO5S. The number of benzene rings is 1. The highest BCUT2D eigenvalue weighted by molar-refractivity contribution is 7.90. The third kappa shape index (κ3) is 5.79. The van der Waals surface area contributed by atoms with E-state index in [0.717, 1.165) is 6.26 Å². The van der Waals surface area contributed by atoms with Gasteiger partial charge in [0.05, 0.1) is 18.2 Å². The Bertz CT molecular complexity index is 725. The van der Waals surface area contributed by atoms with Crippen LogP contribution in [0, 0.1) is 5.41 Å². The van der Waals surface area contributed by atoms with E-state index in [1.165, 1.54) is 0 Å². The van der Waals surface area contributed by atoms with Crippen molar-refractivity contribution in [1.29, 1.82) is 0 Å². The topological polar surface area (TPSA) is 101 Å². The highest BCUT2D eigenvalue weighted by Crippen LogP contribution is 2.49. The Balaban J connectivity index is 2.05. The molecule has 0 unspecified atom stereocenters. The van der Waals surface area contributed by atoms with Crippen LogP contribution in [-0.2, 0) is 19.4 Å². The highest BCUT2D eigenvalue weighted by Gasteiger charge is 2.46. The molecule has 2 N–H and O–H groups in total. The van der Waals surface area contributed by atoms with Gasteiger partial charge in [-0.15, -0.1) is 0 Å². The van der Waals surface area contributed by atoms with Crippen LogP contribution in [0.15, 0.2) is 24.3 Å². The fourth-order valence-electron chi connectivity index (χ4n) is 2.81. The maximum atomic E-state index is 12.3. The van der Waals surface area contributed by atoms with Crippen LogP contribution in [0.4, 0.5) is 0 Å². The molecule has 2 rings (SSSR count). The van der Waals surface area contributed by atoms with Gasteiger partial charge in [0.25, 0.3) is 0 Å². The van der Waals surface area contributed by atoms with Crippen LogP contribution in [-0.4, -0.2) is 37.4 Å². The van der Waals surface area contributed by atoms with Gasteiger partial charge in [-0.2, -0.15) is 0 Å². The quantitative estimate of drug-likeness (QED) is 0.727. The molecule has 0 spiro atoms. The fourth-order valence-corrected chi connectivity index (χ4v) is 4.44. The zero-order valence-corrected chi connectivity index (χ0v) is 14.9. The minimum absolute atomic E-state index is 0.0159. The molecule has 1 aromatic rings. The van der Waals surface area contributed by atoms with E-state index in [9.17, 15) is 18.0 Å². The van der Waals surface area contributed by atoms with E-state index in [1.54, 1.807) is 24.3 Å². The number of hydrogen-bond acceptors (Lipinski definition) is 4. The van der Waals surface area contributed by atoms with Crippen LogP contribution in [0.5, 0.6) is 0 Å². The first-order chi connectivity index (χ1) is 11.1. The van der Waals surface area contributed by atoms with E-state index in [4.69, 9.17) is 16.7 Å². The predicted octanol–water partition coefficient (Wildman–Crippen LogP) is 2.19. The van der Waals surface area contributed by atoms with Gasteiger partial charge in [0, 0.05) is 17.7 Å². The van der Waals surface area contributed by atoms with Gasteiger partial charge in [-0.05, 0) is 36.0 Å². The molecule has 0 radical (unpaired) electrons. The van der Waals surface area contributed by atoms with E-state index in [2.05, 4.69) is 5.32 Å². The van der Waals surface area contributed by atoms with Crippen LogP contribution in [0.3, 0.4) is 0 Å². The first-order valence-corrected chi connectivity index (χ1v) is 9.97. The second-order valence-electron chi connectivity index (χ2n) is 6.52. The summed E-state index contributed by atoms with van der Waals surface area (Å²) in [6, 6.07) is 5.91. The molecule has 6 nitrogen and oxygen atoms in total. The summed E-state index contributed by atoms with van der Waals surface area (Å²) >= 11 is 5.82. The van der Waals surface area contributed by atoms with Gasteiger partial charge < -0.3 is 10.4 Å². The lowest BCUT2D eigenvalue weighted by Crippen LogP contribution is -2.33. The van der Waals surface area contributed by atoms with Crippen molar-refractivity contribution in [3.63, 3.8) is 0 Å². The molecular weight excluding hydrogens is 354 g/mol. The fraction of sp³-hybridized carbons (Fsp3) is 0.500. The summed E-state index contributed by atoms with van der Waals surface area (Å²) < 4.78 is 22.9. The summed E-state index contributed by atoms with van der Waals surface area (Å²) in [7, 11) is -3.16. The minimum Gasteiger partial charge on any atom is -0.481 e. The van der Waals surface area contributed by atoms with Crippen molar-refractivity contribution in [2.75, 3.05) is 12.0 Å². The van der Waals surface area contributed by atoms with Crippen molar-refractivity contribution in [1.82, 2.24) is 5.32 Å². The van der Waals surface area contributed by atoms with E-state index < -0.39 is 27.3 Å². The third-order valence-corrected chi connectivity index (χ3v) is 5.44. The molecule has 8 heteroatoms. The molecule has 1 aromatic carbocycles. The number of rotatable bonds is 8. The first kappa shape index (κ1) is 18.7. The van der Waals surface area contributed by atoms with Gasteiger partial charge in [-0.1, -0.05) is 23.7 Å². The average Bonchev–Trinajstić information content (AvgIpc) is 3.14. The lowest BCUT2D eigenvalue weighted by Gasteiger charge is -2.20. The number of nitrogens with one attached hydrogen (secondary N) is 1. The van der Waals surface area contributed by atoms with E-state index in [1.807, 2.05) is 0 Å². The second-order valence-corrected chi connectivity index (χ2v) is 9.09. The molecule has 132 valence electrons. The monoisotopic (exact) mass is 373 g/mol. The number of halogens is 1. The largest absolute Gasteiger partial charge is 0.481 e. The second kappa shape index (κ2) is 7.11. The minimum atomic E-state index is -3.16. The Hall–Kier alpha value is -1.60. The molecule has 0 saturated heterocycles. The van der Waals surface area contributed by atoms with Crippen LogP contribution < -0.4 is 5.32 Å². The smallest absolute Gasteiger partial charge is 0.305 e. The summed E-state index contributed by atoms with van der Waals surface area (Å²) in [4.78, 5) is 23.4. The Labute approximate surface area is 146 Å². The van der Waals surface area contributed by atoms with Crippen molar-refractivity contribution in [2.24, 2.45) is 5.41 Å². The Morgan fingerprint density at radius 1 is 1.29 bits per heavy atom. The number of amides is 1. The number of hydrogen-bond donors (Lipinski definition) is 2. The normalized spacial score (nSPS) is 17.1. The lowest BCUT2D eigenvalue weighted by molar-refractivity contribution is -0.137. The Kier molecular flexibility index (Phi) is 5.55. The Morgan fingerprint density at radius 3 is 2.33 bits per heavy atom. The van der Waals surface area contributed by atoms with Gasteiger partial charge in [0.2, 0.25) is 5.91 Å². The number of aliphatic carboxylic acids is 1. The molecule has 1 amide bonds. The van der Waals surface area contributed by atoms with Crippen LogP contribution >= 0.6 is 11.6 Å². The zero-order chi connectivity index (χ0) is 18.0. The number of sulfone groups is 1. The van der Waals surface area contributed by atoms with Gasteiger partial charge >= 0.3 is 5.97 Å². The van der Waals surface area contributed by atoms with Crippen molar-refractivity contribution in [2.45, 2.75) is 31.7 Å². The first-order valence-electron chi connectivity index (χ1n) is 7.53. The molecule has 1 aliphatic carbocycles.